The van der Waals surface area contributed by atoms with E-state index in [4.69, 9.17) is 0 Å². The van der Waals surface area contributed by atoms with E-state index in [1.165, 1.54) is 18.5 Å². The summed E-state index contributed by atoms with van der Waals surface area (Å²) in [6.45, 7) is 6.68. The largest absolute Gasteiger partial charge is 0.368 e. The van der Waals surface area contributed by atoms with Gasteiger partial charge in [-0.25, -0.2) is 0 Å². The van der Waals surface area contributed by atoms with Crippen LogP contribution in [0.2, 0.25) is 0 Å². The Morgan fingerprint density at radius 1 is 1.31 bits per heavy atom. The molecule has 0 amide bonds. The fourth-order valence-electron chi connectivity index (χ4n) is 2.10. The van der Waals surface area contributed by atoms with Gasteiger partial charge in [0.25, 0.3) is 0 Å². The third-order valence-corrected chi connectivity index (χ3v) is 3.24. The molecule has 1 unspecified atom stereocenters. The molecule has 0 radical (unpaired) electrons. The summed E-state index contributed by atoms with van der Waals surface area (Å²) in [6.07, 6.45) is 2.73. The topological polar surface area (TPSA) is 15.3 Å². The molecule has 88 valence electrons. The van der Waals surface area contributed by atoms with Crippen molar-refractivity contribution < 1.29 is 0 Å². The summed E-state index contributed by atoms with van der Waals surface area (Å²) in [5, 5.41) is 3.60. The van der Waals surface area contributed by atoms with E-state index in [-0.39, 0.29) is 0 Å². The Bertz CT molecular complexity index is 306. The number of benzene rings is 1. The van der Waals surface area contributed by atoms with Gasteiger partial charge in [-0.15, -0.1) is 0 Å². The Morgan fingerprint density at radius 2 is 2.00 bits per heavy atom. The molecule has 0 heterocycles. The lowest BCUT2D eigenvalue weighted by Crippen LogP contribution is -2.41. The van der Waals surface area contributed by atoms with Crippen molar-refractivity contribution in [2.45, 2.75) is 38.8 Å². The van der Waals surface area contributed by atoms with Crippen LogP contribution in [0.5, 0.6) is 0 Å². The van der Waals surface area contributed by atoms with Gasteiger partial charge in [-0.2, -0.15) is 0 Å². The molecule has 16 heavy (non-hydrogen) atoms. The predicted molar refractivity (Wildman–Crippen MR) is 69.9 cm³/mol. The number of hydrogen-bond acceptors (Lipinski definition) is 2. The third kappa shape index (κ3) is 2.99. The fourth-order valence-corrected chi connectivity index (χ4v) is 2.10. The molecule has 0 aliphatic heterocycles. The second-order valence-corrected chi connectivity index (χ2v) is 4.65. The van der Waals surface area contributed by atoms with Crippen molar-refractivity contribution in [1.29, 1.82) is 0 Å². The van der Waals surface area contributed by atoms with Gasteiger partial charge in [0, 0.05) is 30.9 Å². The fraction of sp³-hybridized carbons (Fsp3) is 0.571. The minimum atomic E-state index is 0.563. The average Bonchev–Trinajstić information content (AvgIpc) is 3.13. The van der Waals surface area contributed by atoms with Crippen molar-refractivity contribution in [3.05, 3.63) is 30.3 Å². The summed E-state index contributed by atoms with van der Waals surface area (Å²) in [5.74, 6) is 0. The normalized spacial score (nSPS) is 17.1. The number of likely N-dealkylation sites (N-methyl/N-ethyl adjacent to an activating group) is 1. The number of nitrogens with one attached hydrogen (secondary N) is 1. The van der Waals surface area contributed by atoms with Gasteiger partial charge < -0.3 is 10.2 Å². The Kier molecular flexibility index (Phi) is 3.83. The highest BCUT2D eigenvalue weighted by Gasteiger charge is 2.22. The smallest absolute Gasteiger partial charge is 0.0386 e. The molecule has 0 aromatic heterocycles. The number of anilines is 1. The van der Waals surface area contributed by atoms with E-state index in [0.29, 0.717) is 6.04 Å². The van der Waals surface area contributed by atoms with E-state index in [1.807, 2.05) is 0 Å². The van der Waals surface area contributed by atoms with Crippen molar-refractivity contribution in [2.24, 2.45) is 0 Å². The Balaban J connectivity index is 1.92. The molecule has 1 aromatic carbocycles. The van der Waals surface area contributed by atoms with E-state index >= 15 is 0 Å². The lowest BCUT2D eigenvalue weighted by molar-refractivity contribution is 0.566. The molecule has 1 aromatic rings. The maximum absolute atomic E-state index is 3.60. The molecular formula is C14H22N2. The van der Waals surface area contributed by atoms with Crippen LogP contribution in [0, 0.1) is 0 Å². The zero-order valence-corrected chi connectivity index (χ0v) is 10.3. The van der Waals surface area contributed by atoms with E-state index < -0.39 is 0 Å². The number of para-hydroxylation sites is 1. The van der Waals surface area contributed by atoms with Crippen LogP contribution < -0.4 is 10.2 Å². The zero-order valence-electron chi connectivity index (χ0n) is 10.3. The van der Waals surface area contributed by atoms with Crippen molar-refractivity contribution in [3.63, 3.8) is 0 Å². The number of hydrogen-bond donors (Lipinski definition) is 1. The Hall–Kier alpha value is -1.02. The van der Waals surface area contributed by atoms with E-state index in [2.05, 4.69) is 54.4 Å². The van der Waals surface area contributed by atoms with Gasteiger partial charge in [0.2, 0.25) is 0 Å². The predicted octanol–water partition coefficient (Wildman–Crippen LogP) is 2.65. The van der Waals surface area contributed by atoms with Gasteiger partial charge in [0.15, 0.2) is 0 Å². The van der Waals surface area contributed by atoms with Crippen LogP contribution >= 0.6 is 0 Å². The first kappa shape index (κ1) is 11.5. The molecule has 2 nitrogen and oxygen atoms in total. The summed E-state index contributed by atoms with van der Waals surface area (Å²) >= 11 is 0. The highest BCUT2D eigenvalue weighted by atomic mass is 15.2. The molecule has 1 aliphatic carbocycles. The average molecular weight is 218 g/mol. The van der Waals surface area contributed by atoms with Crippen molar-refractivity contribution in [2.75, 3.05) is 18.0 Å². The molecule has 1 aliphatic rings. The number of rotatable bonds is 6. The van der Waals surface area contributed by atoms with Crippen LogP contribution in [0.4, 0.5) is 5.69 Å². The van der Waals surface area contributed by atoms with Crippen molar-refractivity contribution in [1.82, 2.24) is 5.32 Å². The molecule has 0 spiro atoms. The lowest BCUT2D eigenvalue weighted by Gasteiger charge is -2.30. The lowest BCUT2D eigenvalue weighted by atomic mass is 10.2. The number of nitrogens with zero attached hydrogens (tertiary/aromatic N) is 1. The van der Waals surface area contributed by atoms with E-state index in [0.717, 1.165) is 19.1 Å². The standard InChI is InChI=1S/C14H22N2/c1-3-16(14-7-5-4-6-8-14)12(2)11-15-13-9-10-13/h4-8,12-13,15H,3,9-11H2,1-2H3. The van der Waals surface area contributed by atoms with Gasteiger partial charge in [-0.1, -0.05) is 18.2 Å². The summed E-state index contributed by atoms with van der Waals surface area (Å²) in [6, 6.07) is 12.0. The van der Waals surface area contributed by atoms with E-state index in [1.54, 1.807) is 0 Å². The molecule has 2 heteroatoms. The first-order valence-corrected chi connectivity index (χ1v) is 6.36. The zero-order chi connectivity index (χ0) is 11.4. The van der Waals surface area contributed by atoms with Gasteiger partial charge in [0.05, 0.1) is 0 Å². The highest BCUT2D eigenvalue weighted by molar-refractivity contribution is 5.46. The molecular weight excluding hydrogens is 196 g/mol. The summed E-state index contributed by atoms with van der Waals surface area (Å²) in [5.41, 5.74) is 1.33. The maximum atomic E-state index is 3.60. The molecule has 0 saturated heterocycles. The first-order valence-electron chi connectivity index (χ1n) is 6.36. The molecule has 1 saturated carbocycles. The third-order valence-electron chi connectivity index (χ3n) is 3.24. The first-order chi connectivity index (χ1) is 7.81. The summed E-state index contributed by atoms with van der Waals surface area (Å²) < 4.78 is 0. The summed E-state index contributed by atoms with van der Waals surface area (Å²) in [4.78, 5) is 2.45. The highest BCUT2D eigenvalue weighted by Crippen LogP contribution is 2.20. The SMILES string of the molecule is CCN(c1ccccc1)C(C)CNC1CC1. The Morgan fingerprint density at radius 3 is 2.56 bits per heavy atom. The van der Waals surface area contributed by atoms with Crippen LogP contribution in [0.3, 0.4) is 0 Å². The van der Waals surface area contributed by atoms with Crippen LogP contribution in [-0.4, -0.2) is 25.2 Å². The van der Waals surface area contributed by atoms with Crippen molar-refractivity contribution >= 4 is 5.69 Å². The van der Waals surface area contributed by atoms with Gasteiger partial charge in [-0.3, -0.25) is 0 Å². The maximum Gasteiger partial charge on any atom is 0.0386 e. The second-order valence-electron chi connectivity index (χ2n) is 4.65. The second kappa shape index (κ2) is 5.35. The molecule has 2 rings (SSSR count). The minimum Gasteiger partial charge on any atom is -0.368 e. The van der Waals surface area contributed by atoms with Crippen molar-refractivity contribution in [3.8, 4) is 0 Å². The van der Waals surface area contributed by atoms with Gasteiger partial charge in [-0.05, 0) is 38.8 Å². The summed E-state index contributed by atoms with van der Waals surface area (Å²) in [7, 11) is 0. The minimum absolute atomic E-state index is 0.563. The molecule has 1 atom stereocenters. The molecule has 0 bridgehead atoms. The van der Waals surface area contributed by atoms with Crippen LogP contribution in [-0.2, 0) is 0 Å². The van der Waals surface area contributed by atoms with Gasteiger partial charge >= 0.3 is 0 Å². The quantitative estimate of drug-likeness (QED) is 0.789. The Labute approximate surface area is 98.7 Å². The van der Waals surface area contributed by atoms with Crippen LogP contribution in [0.25, 0.3) is 0 Å². The molecule has 1 N–H and O–H groups in total. The van der Waals surface area contributed by atoms with Crippen LogP contribution in [0.1, 0.15) is 26.7 Å². The monoisotopic (exact) mass is 218 g/mol. The molecule has 1 fully saturated rings. The van der Waals surface area contributed by atoms with Crippen LogP contribution in [0.15, 0.2) is 30.3 Å². The van der Waals surface area contributed by atoms with Gasteiger partial charge in [0.1, 0.15) is 0 Å². The van der Waals surface area contributed by atoms with E-state index in [9.17, 15) is 0 Å².